The highest BCUT2D eigenvalue weighted by Crippen LogP contribution is 2.23. The maximum Gasteiger partial charge on any atom is 0.178 e. The molecule has 0 spiro atoms. The van der Waals surface area contributed by atoms with E-state index >= 15 is 0 Å². The summed E-state index contributed by atoms with van der Waals surface area (Å²) in [5.41, 5.74) is 3.60. The second-order valence-electron chi connectivity index (χ2n) is 7.45. The van der Waals surface area contributed by atoms with E-state index in [0.29, 0.717) is 11.3 Å². The molecule has 2 aromatic carbocycles. The van der Waals surface area contributed by atoms with Crippen LogP contribution in [0, 0.1) is 0 Å². The zero-order chi connectivity index (χ0) is 18.9. The Kier molecular flexibility index (Phi) is 6.63. The van der Waals surface area contributed by atoms with Gasteiger partial charge in [-0.2, -0.15) is 0 Å². The largest absolute Gasteiger partial charge is 0.346 e. The number of hydrogen-bond donors (Lipinski definition) is 0. The van der Waals surface area contributed by atoms with Gasteiger partial charge in [0.2, 0.25) is 0 Å². The Labute approximate surface area is 177 Å². The molecule has 0 N–H and O–H groups in total. The fourth-order valence-corrected chi connectivity index (χ4v) is 5.24. The smallest absolute Gasteiger partial charge is 0.178 e. The van der Waals surface area contributed by atoms with Gasteiger partial charge in [-0.15, -0.1) is 17.0 Å². The van der Waals surface area contributed by atoms with Crippen LogP contribution in [0.3, 0.4) is 0 Å². The van der Waals surface area contributed by atoms with Gasteiger partial charge in [-0.05, 0) is 68.2 Å². The highest BCUT2D eigenvalue weighted by Gasteiger charge is 2.16. The highest BCUT2D eigenvalue weighted by molar-refractivity contribution is 8.93. The molecule has 28 heavy (non-hydrogen) atoms. The second-order valence-corrected chi connectivity index (χ2v) is 9.56. The minimum absolute atomic E-state index is 0. The van der Waals surface area contributed by atoms with Crippen molar-refractivity contribution in [3.8, 4) is 0 Å². The number of aromatic nitrogens is 1. The van der Waals surface area contributed by atoms with Crippen LogP contribution < -0.4 is 0 Å². The van der Waals surface area contributed by atoms with Crippen LogP contribution in [-0.4, -0.2) is 36.7 Å². The van der Waals surface area contributed by atoms with Gasteiger partial charge in [0.1, 0.15) is 0 Å². The maximum atomic E-state index is 12.5. The SMILES string of the molecule is Br.Cn1c(CN2CCCC2)cc2cc(CCS(=O)(=O)c3ccccc3)ccc21. The second kappa shape index (κ2) is 8.80. The Morgan fingerprint density at radius 3 is 2.39 bits per heavy atom. The predicted octanol–water partition coefficient (Wildman–Crippen LogP) is 4.37. The van der Waals surface area contributed by atoms with E-state index < -0.39 is 9.84 Å². The van der Waals surface area contributed by atoms with Crippen LogP contribution in [0.1, 0.15) is 24.1 Å². The summed E-state index contributed by atoms with van der Waals surface area (Å²) < 4.78 is 27.3. The van der Waals surface area contributed by atoms with Gasteiger partial charge >= 0.3 is 0 Å². The summed E-state index contributed by atoms with van der Waals surface area (Å²) >= 11 is 0. The molecule has 6 heteroatoms. The van der Waals surface area contributed by atoms with Gasteiger partial charge in [0.05, 0.1) is 10.6 Å². The van der Waals surface area contributed by atoms with E-state index in [4.69, 9.17) is 0 Å². The summed E-state index contributed by atoms with van der Waals surface area (Å²) in [5, 5.41) is 1.20. The van der Waals surface area contributed by atoms with Crippen LogP contribution in [0.4, 0.5) is 0 Å². The molecule has 1 aliphatic heterocycles. The van der Waals surface area contributed by atoms with Crippen molar-refractivity contribution in [3.05, 3.63) is 65.9 Å². The molecule has 4 nitrogen and oxygen atoms in total. The minimum Gasteiger partial charge on any atom is -0.346 e. The molecule has 150 valence electrons. The summed E-state index contributed by atoms with van der Waals surface area (Å²) in [7, 11) is -1.12. The third kappa shape index (κ3) is 4.50. The fourth-order valence-electron chi connectivity index (χ4n) is 3.93. The molecule has 0 atom stereocenters. The molecular weight excluding hydrogens is 436 g/mol. The zero-order valence-electron chi connectivity index (χ0n) is 16.2. The van der Waals surface area contributed by atoms with E-state index in [1.807, 2.05) is 6.07 Å². The van der Waals surface area contributed by atoms with Crippen molar-refractivity contribution >= 4 is 37.7 Å². The summed E-state index contributed by atoms with van der Waals surface area (Å²) in [6, 6.07) is 17.3. The van der Waals surface area contributed by atoms with E-state index in [2.05, 4.69) is 40.8 Å². The molecule has 1 saturated heterocycles. The summed E-state index contributed by atoms with van der Waals surface area (Å²) in [6.45, 7) is 3.36. The van der Waals surface area contributed by atoms with Crippen LogP contribution in [0.5, 0.6) is 0 Å². The first-order valence-corrected chi connectivity index (χ1v) is 11.3. The molecular formula is C22H27BrN2O2S. The average Bonchev–Trinajstić information content (AvgIpc) is 3.29. The topological polar surface area (TPSA) is 42.3 Å². The number of fused-ring (bicyclic) bond motifs is 1. The molecule has 1 aromatic heterocycles. The van der Waals surface area contributed by atoms with Gasteiger partial charge < -0.3 is 4.57 Å². The van der Waals surface area contributed by atoms with Crippen LogP contribution >= 0.6 is 17.0 Å². The first kappa shape index (κ1) is 21.1. The maximum absolute atomic E-state index is 12.5. The van der Waals surface area contributed by atoms with E-state index in [1.54, 1.807) is 24.3 Å². The zero-order valence-corrected chi connectivity index (χ0v) is 18.7. The molecule has 2 heterocycles. The van der Waals surface area contributed by atoms with E-state index in [1.165, 1.54) is 42.5 Å². The molecule has 0 bridgehead atoms. The van der Waals surface area contributed by atoms with Gasteiger partial charge in [0.15, 0.2) is 9.84 Å². The van der Waals surface area contributed by atoms with Crippen molar-refractivity contribution in [3.63, 3.8) is 0 Å². The summed E-state index contributed by atoms with van der Waals surface area (Å²) in [6.07, 6.45) is 3.12. The number of nitrogens with zero attached hydrogens (tertiary/aromatic N) is 2. The lowest BCUT2D eigenvalue weighted by Crippen LogP contribution is -2.19. The Balaban J connectivity index is 0.00000225. The van der Waals surface area contributed by atoms with Crippen LogP contribution in [0.2, 0.25) is 0 Å². The number of hydrogen-bond acceptors (Lipinski definition) is 3. The summed E-state index contributed by atoms with van der Waals surface area (Å²) in [5.74, 6) is 0.135. The Morgan fingerprint density at radius 2 is 1.68 bits per heavy atom. The molecule has 0 amide bonds. The third-order valence-electron chi connectivity index (χ3n) is 5.55. The minimum atomic E-state index is -3.24. The van der Waals surface area contributed by atoms with Crippen molar-refractivity contribution in [2.24, 2.45) is 7.05 Å². The number of sulfone groups is 1. The number of halogens is 1. The highest BCUT2D eigenvalue weighted by atomic mass is 79.9. The third-order valence-corrected chi connectivity index (χ3v) is 7.28. The standard InChI is InChI=1S/C22H26N2O2S.BrH/c1-23-20(17-24-12-5-6-13-24)16-19-15-18(9-10-22(19)23)11-14-27(25,26)21-7-3-2-4-8-21;/h2-4,7-10,15-16H,5-6,11-14,17H2,1H3;1H. The molecule has 0 unspecified atom stereocenters. The van der Waals surface area contributed by atoms with Crippen molar-refractivity contribution in [2.45, 2.75) is 30.7 Å². The van der Waals surface area contributed by atoms with Crippen LogP contribution in [0.15, 0.2) is 59.5 Å². The first-order chi connectivity index (χ1) is 13.0. The quantitative estimate of drug-likeness (QED) is 0.545. The lowest BCUT2D eigenvalue weighted by Gasteiger charge is -2.15. The van der Waals surface area contributed by atoms with Gasteiger partial charge in [-0.1, -0.05) is 24.3 Å². The average molecular weight is 463 g/mol. The molecule has 0 radical (unpaired) electrons. The van der Waals surface area contributed by atoms with E-state index in [-0.39, 0.29) is 22.7 Å². The summed E-state index contributed by atoms with van der Waals surface area (Å²) in [4.78, 5) is 2.90. The normalized spacial score (nSPS) is 15.0. The molecule has 0 saturated carbocycles. The number of likely N-dealkylation sites (tertiary alicyclic amines) is 1. The fraction of sp³-hybridized carbons (Fsp3) is 0.364. The molecule has 1 fully saturated rings. The van der Waals surface area contributed by atoms with Crippen LogP contribution in [0.25, 0.3) is 10.9 Å². The Bertz CT molecular complexity index is 1040. The molecule has 4 rings (SSSR count). The molecule has 1 aliphatic rings. The lowest BCUT2D eigenvalue weighted by atomic mass is 10.1. The Morgan fingerprint density at radius 1 is 0.964 bits per heavy atom. The van der Waals surface area contributed by atoms with Crippen molar-refractivity contribution < 1.29 is 8.42 Å². The van der Waals surface area contributed by atoms with Gasteiger partial charge in [-0.3, -0.25) is 4.90 Å². The molecule has 0 aliphatic carbocycles. The van der Waals surface area contributed by atoms with Gasteiger partial charge in [-0.25, -0.2) is 8.42 Å². The van der Waals surface area contributed by atoms with Crippen molar-refractivity contribution in [1.29, 1.82) is 0 Å². The van der Waals surface area contributed by atoms with Gasteiger partial charge in [0, 0.05) is 30.2 Å². The van der Waals surface area contributed by atoms with Crippen molar-refractivity contribution in [1.82, 2.24) is 9.47 Å². The van der Waals surface area contributed by atoms with Crippen LogP contribution in [-0.2, 0) is 29.9 Å². The monoisotopic (exact) mass is 462 g/mol. The molecule has 3 aromatic rings. The number of benzene rings is 2. The predicted molar refractivity (Wildman–Crippen MR) is 120 cm³/mol. The van der Waals surface area contributed by atoms with E-state index in [9.17, 15) is 8.42 Å². The van der Waals surface area contributed by atoms with E-state index in [0.717, 1.165) is 12.1 Å². The number of aryl methyl sites for hydroxylation is 2. The lowest BCUT2D eigenvalue weighted by molar-refractivity contribution is 0.324. The van der Waals surface area contributed by atoms with Crippen molar-refractivity contribution in [2.75, 3.05) is 18.8 Å². The number of rotatable bonds is 6. The Hall–Kier alpha value is -1.63. The first-order valence-electron chi connectivity index (χ1n) is 9.60. The van der Waals surface area contributed by atoms with Gasteiger partial charge in [0.25, 0.3) is 0 Å².